The van der Waals surface area contributed by atoms with E-state index in [9.17, 15) is 13.2 Å². The molecule has 22 heavy (non-hydrogen) atoms. The number of hydrogen-bond donors (Lipinski definition) is 1. The predicted molar refractivity (Wildman–Crippen MR) is 85.4 cm³/mol. The summed E-state index contributed by atoms with van der Waals surface area (Å²) in [6.07, 6.45) is 0.679. The lowest BCUT2D eigenvalue weighted by molar-refractivity contribution is -0.121. The van der Waals surface area contributed by atoms with E-state index >= 15 is 0 Å². The Morgan fingerprint density at radius 1 is 1.32 bits per heavy atom. The molecule has 6 nitrogen and oxygen atoms in total. The largest absolute Gasteiger partial charge is 0.385 e. The average molecular weight is 349 g/mol. The number of amides is 1. The molecule has 0 spiro atoms. The molecule has 0 aromatic heterocycles. The third kappa shape index (κ3) is 5.57. The number of nitrogens with one attached hydrogen (secondary N) is 1. The maximum absolute atomic E-state index is 12.5. The molecule has 0 saturated heterocycles. The van der Waals surface area contributed by atoms with Crippen LogP contribution < -0.4 is 5.32 Å². The molecule has 0 fully saturated rings. The molecule has 8 heteroatoms. The lowest BCUT2D eigenvalue weighted by Crippen LogP contribution is -2.40. The summed E-state index contributed by atoms with van der Waals surface area (Å²) in [5.74, 6) is -0.338. The van der Waals surface area contributed by atoms with Crippen molar-refractivity contribution in [1.29, 1.82) is 0 Å². The highest BCUT2D eigenvalue weighted by Gasteiger charge is 2.24. The normalized spacial score (nSPS) is 11.6. The van der Waals surface area contributed by atoms with Gasteiger partial charge in [-0.25, -0.2) is 8.42 Å². The first-order chi connectivity index (χ1) is 10.4. The van der Waals surface area contributed by atoms with E-state index in [0.717, 1.165) is 4.31 Å². The van der Waals surface area contributed by atoms with Crippen molar-refractivity contribution >= 4 is 27.5 Å². The topological polar surface area (TPSA) is 75.7 Å². The van der Waals surface area contributed by atoms with E-state index in [2.05, 4.69) is 5.32 Å². The fourth-order valence-corrected chi connectivity index (χ4v) is 3.31. The van der Waals surface area contributed by atoms with E-state index in [0.29, 0.717) is 24.6 Å². The summed E-state index contributed by atoms with van der Waals surface area (Å²) >= 11 is 5.76. The van der Waals surface area contributed by atoms with Gasteiger partial charge < -0.3 is 10.1 Å². The van der Waals surface area contributed by atoms with Crippen LogP contribution in [0.1, 0.15) is 13.3 Å². The molecule has 1 N–H and O–H groups in total. The van der Waals surface area contributed by atoms with Gasteiger partial charge in [0.1, 0.15) is 0 Å². The quantitative estimate of drug-likeness (QED) is 0.686. The number of likely N-dealkylation sites (N-methyl/N-ethyl adjacent to an activating group) is 1. The third-order valence-electron chi connectivity index (χ3n) is 2.97. The smallest absolute Gasteiger partial charge is 0.243 e. The van der Waals surface area contributed by atoms with Crippen LogP contribution in [-0.2, 0) is 19.6 Å². The minimum absolute atomic E-state index is 0.117. The van der Waals surface area contributed by atoms with Gasteiger partial charge in [-0.1, -0.05) is 18.5 Å². The van der Waals surface area contributed by atoms with E-state index < -0.39 is 10.0 Å². The molecule has 0 unspecified atom stereocenters. The molecule has 0 heterocycles. The van der Waals surface area contributed by atoms with Crippen molar-refractivity contribution < 1.29 is 17.9 Å². The Bertz CT molecular complexity index is 575. The van der Waals surface area contributed by atoms with Crippen LogP contribution in [0.15, 0.2) is 29.2 Å². The van der Waals surface area contributed by atoms with E-state index in [-0.39, 0.29) is 23.9 Å². The number of sulfonamides is 1. The molecule has 0 aliphatic heterocycles. The lowest BCUT2D eigenvalue weighted by atomic mass is 10.4. The van der Waals surface area contributed by atoms with Gasteiger partial charge in [0.2, 0.25) is 15.9 Å². The van der Waals surface area contributed by atoms with Gasteiger partial charge in [0, 0.05) is 31.8 Å². The second-order valence-electron chi connectivity index (χ2n) is 4.58. The summed E-state index contributed by atoms with van der Waals surface area (Å²) in [5, 5.41) is 3.13. The molecule has 1 rings (SSSR count). The van der Waals surface area contributed by atoms with Crippen molar-refractivity contribution in [2.24, 2.45) is 0 Å². The minimum atomic E-state index is -3.71. The lowest BCUT2D eigenvalue weighted by Gasteiger charge is -2.20. The van der Waals surface area contributed by atoms with E-state index in [1.165, 1.54) is 24.3 Å². The summed E-state index contributed by atoms with van der Waals surface area (Å²) in [5.41, 5.74) is 0. The molecule has 0 aliphatic carbocycles. The Morgan fingerprint density at radius 2 is 1.95 bits per heavy atom. The molecule has 1 aromatic rings. The van der Waals surface area contributed by atoms with Crippen LogP contribution in [0.3, 0.4) is 0 Å². The van der Waals surface area contributed by atoms with Crippen LogP contribution in [0.5, 0.6) is 0 Å². The molecule has 1 aromatic carbocycles. The molecule has 0 atom stereocenters. The van der Waals surface area contributed by atoms with E-state index in [1.807, 2.05) is 0 Å². The van der Waals surface area contributed by atoms with Gasteiger partial charge in [-0.2, -0.15) is 4.31 Å². The first-order valence-electron chi connectivity index (χ1n) is 6.93. The maximum Gasteiger partial charge on any atom is 0.243 e. The summed E-state index contributed by atoms with van der Waals surface area (Å²) in [6.45, 7) is 2.67. The number of hydrogen-bond acceptors (Lipinski definition) is 4. The van der Waals surface area contributed by atoms with Gasteiger partial charge in [0.25, 0.3) is 0 Å². The van der Waals surface area contributed by atoms with Gasteiger partial charge in [0.05, 0.1) is 11.4 Å². The van der Waals surface area contributed by atoms with Crippen molar-refractivity contribution in [2.75, 3.05) is 33.4 Å². The van der Waals surface area contributed by atoms with Crippen LogP contribution in [0.25, 0.3) is 0 Å². The number of methoxy groups -OCH3 is 1. The number of carbonyl (C=O) groups is 1. The predicted octanol–water partition coefficient (Wildman–Crippen LogP) is 1.50. The molecular formula is C14H21ClN2O4S. The van der Waals surface area contributed by atoms with Crippen molar-refractivity contribution in [3.63, 3.8) is 0 Å². The number of ether oxygens (including phenoxy) is 1. The van der Waals surface area contributed by atoms with Crippen LogP contribution >= 0.6 is 11.6 Å². The Hall–Kier alpha value is -1.15. The monoisotopic (exact) mass is 348 g/mol. The standard InChI is InChI=1S/C14H21ClN2O4S/c1-3-17(11-14(18)16-9-4-10-21-2)22(19,20)13-7-5-12(15)6-8-13/h5-8H,3-4,9-11H2,1-2H3,(H,16,18). The first kappa shape index (κ1) is 18.9. The molecule has 0 saturated carbocycles. The number of halogens is 1. The van der Waals surface area contributed by atoms with Gasteiger partial charge in [0.15, 0.2) is 0 Å². The highest BCUT2D eigenvalue weighted by molar-refractivity contribution is 7.89. The first-order valence-corrected chi connectivity index (χ1v) is 8.75. The van der Waals surface area contributed by atoms with Crippen LogP contribution in [0, 0.1) is 0 Å². The fraction of sp³-hybridized carbons (Fsp3) is 0.500. The second kappa shape index (κ2) is 9.09. The maximum atomic E-state index is 12.5. The summed E-state index contributed by atoms with van der Waals surface area (Å²) in [4.78, 5) is 11.9. The highest BCUT2D eigenvalue weighted by Crippen LogP contribution is 2.18. The third-order valence-corrected chi connectivity index (χ3v) is 5.16. The zero-order valence-electron chi connectivity index (χ0n) is 12.7. The molecule has 0 aliphatic rings. The van der Waals surface area contributed by atoms with Crippen molar-refractivity contribution in [1.82, 2.24) is 9.62 Å². The second-order valence-corrected chi connectivity index (χ2v) is 6.96. The van der Waals surface area contributed by atoms with E-state index in [4.69, 9.17) is 16.3 Å². The Labute approximate surface area is 136 Å². The zero-order chi connectivity index (χ0) is 16.6. The number of benzene rings is 1. The molecule has 0 bridgehead atoms. The van der Waals surface area contributed by atoms with Crippen molar-refractivity contribution in [3.8, 4) is 0 Å². The molecular weight excluding hydrogens is 328 g/mol. The van der Waals surface area contributed by atoms with Gasteiger partial charge in [-0.3, -0.25) is 4.79 Å². The summed E-state index contributed by atoms with van der Waals surface area (Å²) in [6, 6.07) is 5.87. The summed E-state index contributed by atoms with van der Waals surface area (Å²) < 4.78 is 30.9. The average Bonchev–Trinajstić information content (AvgIpc) is 2.49. The minimum Gasteiger partial charge on any atom is -0.385 e. The van der Waals surface area contributed by atoms with Crippen molar-refractivity contribution in [2.45, 2.75) is 18.2 Å². The summed E-state index contributed by atoms with van der Waals surface area (Å²) in [7, 11) is -2.13. The van der Waals surface area contributed by atoms with Gasteiger partial charge in [-0.05, 0) is 30.7 Å². The van der Waals surface area contributed by atoms with E-state index in [1.54, 1.807) is 14.0 Å². The molecule has 0 radical (unpaired) electrons. The SMILES string of the molecule is CCN(CC(=O)NCCCOC)S(=O)(=O)c1ccc(Cl)cc1. The van der Waals surface area contributed by atoms with Gasteiger partial charge >= 0.3 is 0 Å². The number of carbonyl (C=O) groups excluding carboxylic acids is 1. The Kier molecular flexibility index (Phi) is 7.81. The number of nitrogens with zero attached hydrogens (tertiary/aromatic N) is 1. The Morgan fingerprint density at radius 3 is 2.50 bits per heavy atom. The van der Waals surface area contributed by atoms with Crippen molar-refractivity contribution in [3.05, 3.63) is 29.3 Å². The number of rotatable bonds is 9. The fourth-order valence-electron chi connectivity index (χ4n) is 1.78. The van der Waals surface area contributed by atoms with Gasteiger partial charge in [-0.15, -0.1) is 0 Å². The molecule has 1 amide bonds. The Balaban J connectivity index is 2.69. The van der Waals surface area contributed by atoms with Crippen LogP contribution in [-0.4, -0.2) is 52.0 Å². The zero-order valence-corrected chi connectivity index (χ0v) is 14.3. The molecule has 124 valence electrons. The van der Waals surface area contributed by atoms with Crippen LogP contribution in [0.2, 0.25) is 5.02 Å². The highest BCUT2D eigenvalue weighted by atomic mass is 35.5. The van der Waals surface area contributed by atoms with Crippen LogP contribution in [0.4, 0.5) is 0 Å².